The highest BCUT2D eigenvalue weighted by molar-refractivity contribution is 7.99. The largest absolute Gasteiger partial charge is 0.507 e. The Balaban J connectivity index is 1.74. The molecule has 0 fully saturated rings. The molecule has 0 saturated heterocycles. The van der Waals surface area contributed by atoms with Crippen molar-refractivity contribution in [3.63, 3.8) is 0 Å². The van der Waals surface area contributed by atoms with Crippen LogP contribution < -0.4 is 0 Å². The monoisotopic (exact) mass is 234 g/mol. The Kier molecular flexibility index (Phi) is 3.88. The molecule has 0 spiro atoms. The number of nitrogens with zero attached hydrogens (tertiary/aromatic N) is 2. The minimum absolute atomic E-state index is 0.370. The zero-order chi connectivity index (χ0) is 11.2. The summed E-state index contributed by atoms with van der Waals surface area (Å²) < 4.78 is 2.06. The van der Waals surface area contributed by atoms with Gasteiger partial charge in [0.25, 0.3) is 0 Å². The smallest absolute Gasteiger partial charge is 0.129 e. The van der Waals surface area contributed by atoms with Crippen LogP contribution in [0, 0.1) is 0 Å². The molecule has 0 radical (unpaired) electrons. The fourth-order valence-electron chi connectivity index (χ4n) is 1.43. The van der Waals surface area contributed by atoms with Gasteiger partial charge in [-0.05, 0) is 24.3 Å². The number of aromatic hydroxyl groups is 1. The second-order valence-corrected chi connectivity index (χ2v) is 4.61. The van der Waals surface area contributed by atoms with Crippen molar-refractivity contribution in [3.8, 4) is 5.75 Å². The molecule has 2 rings (SSSR count). The summed E-state index contributed by atoms with van der Waals surface area (Å²) in [6.07, 6.45) is 6.64. The highest BCUT2D eigenvalue weighted by atomic mass is 32.2. The van der Waals surface area contributed by atoms with E-state index in [1.807, 2.05) is 30.7 Å². The molecule has 0 saturated carbocycles. The summed E-state index contributed by atoms with van der Waals surface area (Å²) >= 11 is 1.69. The zero-order valence-electron chi connectivity index (χ0n) is 8.91. The van der Waals surface area contributed by atoms with E-state index in [1.54, 1.807) is 24.0 Å². The van der Waals surface area contributed by atoms with Crippen molar-refractivity contribution < 1.29 is 5.11 Å². The van der Waals surface area contributed by atoms with Crippen molar-refractivity contribution in [2.75, 3.05) is 5.75 Å². The van der Waals surface area contributed by atoms with E-state index in [4.69, 9.17) is 0 Å². The molecular weight excluding hydrogens is 220 g/mol. The molecule has 0 unspecified atom stereocenters. The van der Waals surface area contributed by atoms with Crippen LogP contribution in [-0.2, 0) is 6.54 Å². The van der Waals surface area contributed by atoms with E-state index in [9.17, 15) is 5.11 Å². The van der Waals surface area contributed by atoms with Crippen LogP contribution in [0.4, 0.5) is 0 Å². The second-order valence-electron chi connectivity index (χ2n) is 3.47. The Morgan fingerprint density at radius 2 is 2.19 bits per heavy atom. The molecule has 0 amide bonds. The van der Waals surface area contributed by atoms with E-state index in [1.165, 1.54) is 0 Å². The number of hydrogen-bond donors (Lipinski definition) is 1. The van der Waals surface area contributed by atoms with Gasteiger partial charge in [-0.2, -0.15) is 0 Å². The number of aromatic nitrogens is 2. The topological polar surface area (TPSA) is 38.0 Å². The lowest BCUT2D eigenvalue weighted by molar-refractivity contribution is 0.462. The minimum atomic E-state index is 0.370. The van der Waals surface area contributed by atoms with E-state index < -0.39 is 0 Å². The van der Waals surface area contributed by atoms with E-state index in [2.05, 4.69) is 9.55 Å². The maximum Gasteiger partial charge on any atom is 0.129 e. The highest BCUT2D eigenvalue weighted by Gasteiger charge is 1.99. The Bertz CT molecular complexity index is 428. The fraction of sp³-hybridized carbons (Fsp3) is 0.250. The van der Waals surface area contributed by atoms with Crippen molar-refractivity contribution in [1.82, 2.24) is 9.55 Å². The predicted molar refractivity (Wildman–Crippen MR) is 65.7 cm³/mol. The van der Waals surface area contributed by atoms with Crippen molar-refractivity contribution in [3.05, 3.63) is 43.0 Å². The number of phenols is 1. The van der Waals surface area contributed by atoms with E-state index in [-0.39, 0.29) is 0 Å². The highest BCUT2D eigenvalue weighted by Crippen LogP contribution is 2.27. The van der Waals surface area contributed by atoms with Gasteiger partial charge in [0.05, 0.1) is 6.33 Å². The Morgan fingerprint density at radius 3 is 2.94 bits per heavy atom. The van der Waals surface area contributed by atoms with Crippen LogP contribution in [0.2, 0.25) is 0 Å². The molecule has 4 heteroatoms. The average Bonchev–Trinajstić information content (AvgIpc) is 2.79. The Labute approximate surface area is 99.1 Å². The first-order valence-electron chi connectivity index (χ1n) is 5.23. The zero-order valence-corrected chi connectivity index (χ0v) is 9.73. The molecule has 0 aliphatic heterocycles. The lowest BCUT2D eigenvalue weighted by Gasteiger charge is -2.04. The van der Waals surface area contributed by atoms with Gasteiger partial charge in [0.15, 0.2) is 0 Å². The number of hydrogen-bond acceptors (Lipinski definition) is 3. The summed E-state index contributed by atoms with van der Waals surface area (Å²) in [5.74, 6) is 1.37. The third kappa shape index (κ3) is 3.03. The quantitative estimate of drug-likeness (QED) is 0.638. The number of phenolic OH excluding ortho intramolecular Hbond substituents is 1. The number of rotatable bonds is 5. The standard InChI is InChI=1S/C12H14N2OS/c15-11-4-1-2-5-12(11)16-9-3-7-14-8-6-13-10-14/h1-2,4-6,8,10,15H,3,7,9H2. The lowest BCUT2D eigenvalue weighted by atomic mass is 10.3. The molecular formula is C12H14N2OS. The molecule has 0 aliphatic carbocycles. The van der Waals surface area contributed by atoms with Crippen LogP contribution in [0.25, 0.3) is 0 Å². The lowest BCUT2D eigenvalue weighted by Crippen LogP contribution is -1.95. The van der Waals surface area contributed by atoms with Crippen LogP contribution in [0.3, 0.4) is 0 Å². The van der Waals surface area contributed by atoms with Gasteiger partial charge in [0, 0.05) is 23.8 Å². The molecule has 84 valence electrons. The van der Waals surface area contributed by atoms with Crippen LogP contribution in [0.15, 0.2) is 47.9 Å². The van der Waals surface area contributed by atoms with Crippen LogP contribution >= 0.6 is 11.8 Å². The van der Waals surface area contributed by atoms with Gasteiger partial charge in [0.1, 0.15) is 5.75 Å². The normalized spacial score (nSPS) is 10.5. The molecule has 1 N–H and O–H groups in total. The molecule has 2 aromatic rings. The number of aryl methyl sites for hydroxylation is 1. The summed E-state index contributed by atoms with van der Waals surface area (Å²) in [5.41, 5.74) is 0. The molecule has 1 aromatic heterocycles. The second kappa shape index (κ2) is 5.61. The van der Waals surface area contributed by atoms with Crippen LogP contribution in [0.1, 0.15) is 6.42 Å². The number of para-hydroxylation sites is 1. The van der Waals surface area contributed by atoms with E-state index >= 15 is 0 Å². The van der Waals surface area contributed by atoms with E-state index in [0.29, 0.717) is 5.75 Å². The maximum absolute atomic E-state index is 9.56. The number of thioether (sulfide) groups is 1. The van der Waals surface area contributed by atoms with Gasteiger partial charge in [-0.1, -0.05) is 12.1 Å². The fourth-order valence-corrected chi connectivity index (χ4v) is 2.31. The first-order valence-corrected chi connectivity index (χ1v) is 6.21. The molecule has 16 heavy (non-hydrogen) atoms. The van der Waals surface area contributed by atoms with Crippen molar-refractivity contribution in [2.24, 2.45) is 0 Å². The third-order valence-corrected chi connectivity index (χ3v) is 3.39. The van der Waals surface area contributed by atoms with Gasteiger partial charge < -0.3 is 9.67 Å². The van der Waals surface area contributed by atoms with Gasteiger partial charge in [-0.25, -0.2) is 4.98 Å². The summed E-state index contributed by atoms with van der Waals surface area (Å²) in [7, 11) is 0. The summed E-state index contributed by atoms with van der Waals surface area (Å²) in [4.78, 5) is 4.94. The van der Waals surface area contributed by atoms with Crippen LogP contribution in [0.5, 0.6) is 5.75 Å². The first kappa shape index (κ1) is 11.1. The number of imidazole rings is 1. The maximum atomic E-state index is 9.56. The molecule has 0 bridgehead atoms. The van der Waals surface area contributed by atoms with E-state index in [0.717, 1.165) is 23.6 Å². The predicted octanol–water partition coefficient (Wildman–Crippen LogP) is 2.77. The molecule has 0 atom stereocenters. The van der Waals surface area contributed by atoms with Crippen molar-refractivity contribution in [1.29, 1.82) is 0 Å². The van der Waals surface area contributed by atoms with Gasteiger partial charge in [-0.3, -0.25) is 0 Å². The van der Waals surface area contributed by atoms with Gasteiger partial charge in [-0.15, -0.1) is 11.8 Å². The molecule has 3 nitrogen and oxygen atoms in total. The minimum Gasteiger partial charge on any atom is -0.507 e. The first-order chi connectivity index (χ1) is 7.86. The molecule has 1 aromatic carbocycles. The summed E-state index contributed by atoms with van der Waals surface area (Å²) in [6.45, 7) is 0.973. The Hall–Kier alpha value is -1.42. The number of benzene rings is 1. The summed E-state index contributed by atoms with van der Waals surface area (Å²) in [6, 6.07) is 7.44. The third-order valence-electron chi connectivity index (χ3n) is 2.24. The van der Waals surface area contributed by atoms with Gasteiger partial charge >= 0.3 is 0 Å². The Morgan fingerprint density at radius 1 is 1.31 bits per heavy atom. The molecule has 1 heterocycles. The van der Waals surface area contributed by atoms with Gasteiger partial charge in [0.2, 0.25) is 0 Å². The average molecular weight is 234 g/mol. The van der Waals surface area contributed by atoms with Crippen molar-refractivity contribution in [2.45, 2.75) is 17.9 Å². The van der Waals surface area contributed by atoms with Crippen LogP contribution in [-0.4, -0.2) is 20.4 Å². The SMILES string of the molecule is Oc1ccccc1SCCCn1ccnc1. The van der Waals surface area contributed by atoms with Crippen molar-refractivity contribution >= 4 is 11.8 Å². The molecule has 0 aliphatic rings. The summed E-state index contributed by atoms with van der Waals surface area (Å²) in [5, 5.41) is 9.56.